The zero-order chi connectivity index (χ0) is 44.6. The molecule has 0 radical (unpaired) electrons. The van der Waals surface area contributed by atoms with Crippen molar-refractivity contribution in [2.45, 2.75) is 40.9 Å². The summed E-state index contributed by atoms with van der Waals surface area (Å²) in [6.07, 6.45) is 8.83. The third kappa shape index (κ3) is 12.7. The van der Waals surface area contributed by atoms with Gasteiger partial charge in [-0.25, -0.2) is 39.5 Å². The molecule has 8 rings (SSSR count). The van der Waals surface area contributed by atoms with Gasteiger partial charge in [0.2, 0.25) is 0 Å². The molecule has 0 atom stereocenters. The molecule has 0 aliphatic rings. The predicted molar refractivity (Wildman–Crippen MR) is 243 cm³/mol. The largest absolute Gasteiger partial charge is 0.488 e. The number of benzene rings is 4. The van der Waals surface area contributed by atoms with Crippen molar-refractivity contribution in [3.63, 3.8) is 0 Å². The summed E-state index contributed by atoms with van der Waals surface area (Å²) in [6.45, 7) is 9.16. The number of pyridine rings is 2. The van der Waals surface area contributed by atoms with Crippen molar-refractivity contribution < 1.29 is 28.5 Å². The number of nitrogens with one attached hydrogen (secondary N) is 1. The van der Waals surface area contributed by atoms with Gasteiger partial charge in [-0.2, -0.15) is 0 Å². The summed E-state index contributed by atoms with van der Waals surface area (Å²) in [5.41, 5.74) is 10.0. The predicted octanol–water partition coefficient (Wildman–Crippen LogP) is 9.84. The first kappa shape index (κ1) is 44.8. The Labute approximate surface area is 369 Å². The molecule has 0 spiro atoms. The molecule has 4 aromatic carbocycles. The van der Waals surface area contributed by atoms with Crippen molar-refractivity contribution in [1.82, 2.24) is 29.9 Å². The van der Waals surface area contributed by atoms with Crippen LogP contribution in [-0.2, 0) is 22.7 Å². The van der Waals surface area contributed by atoms with Crippen molar-refractivity contribution in [3.8, 4) is 11.5 Å². The van der Waals surface area contributed by atoms with Gasteiger partial charge in [0.05, 0.1) is 38.0 Å². The molecule has 0 bridgehead atoms. The minimum Gasteiger partial charge on any atom is -0.488 e. The summed E-state index contributed by atoms with van der Waals surface area (Å²) >= 11 is 5.88. The normalized spacial score (nSPS) is 10.4. The van der Waals surface area contributed by atoms with E-state index in [9.17, 15) is 9.59 Å². The lowest BCUT2D eigenvalue weighted by Crippen LogP contribution is -2.08. The van der Waals surface area contributed by atoms with Crippen molar-refractivity contribution in [3.05, 3.63) is 173 Å². The van der Waals surface area contributed by atoms with Gasteiger partial charge in [0, 0.05) is 23.2 Å². The van der Waals surface area contributed by atoms with E-state index in [1.165, 1.54) is 46.7 Å². The summed E-state index contributed by atoms with van der Waals surface area (Å²) in [6, 6.07) is 32.1. The molecule has 0 fully saturated rings. The summed E-state index contributed by atoms with van der Waals surface area (Å²) in [5.74, 6) is 2.11. The van der Waals surface area contributed by atoms with Crippen LogP contribution < -0.4 is 20.5 Å². The van der Waals surface area contributed by atoms with Gasteiger partial charge in [-0.05, 0) is 97.1 Å². The van der Waals surface area contributed by atoms with E-state index in [2.05, 4.69) is 90.2 Å². The number of rotatable bonds is 12. The fraction of sp³-hybridized carbons (Fsp3) is 0.167. The lowest BCUT2D eigenvalue weighted by Gasteiger charge is -2.12. The molecule has 0 aliphatic heterocycles. The molecule has 0 aliphatic carbocycles. The van der Waals surface area contributed by atoms with Gasteiger partial charge in [0.1, 0.15) is 47.3 Å². The summed E-state index contributed by atoms with van der Waals surface area (Å²) < 4.78 is 21.6. The second kappa shape index (κ2) is 22.2. The van der Waals surface area contributed by atoms with E-state index in [1.54, 1.807) is 26.2 Å². The smallest absolute Gasteiger partial charge is 0.358 e. The Hall–Kier alpha value is -7.71. The molecule has 14 nitrogen and oxygen atoms in total. The van der Waals surface area contributed by atoms with Gasteiger partial charge in [0.25, 0.3) is 0 Å². The third-order valence-corrected chi connectivity index (χ3v) is 9.36. The SMILES string of the molecule is CCOC(=O)c1cnc(N)cn1.CCOC(=O)c1cnc(Nc2cc(COc3ccc(C)c4ccccc34)ccn2)cn1.Cc1ccc(OCc2ccnc(Cl)c2)c2ccccc12. The van der Waals surface area contributed by atoms with E-state index in [0.717, 1.165) is 33.4 Å². The molecule has 3 N–H and O–H groups in total. The second-order valence-electron chi connectivity index (χ2n) is 13.6. The fourth-order valence-corrected chi connectivity index (χ4v) is 6.26. The molecule has 15 heteroatoms. The third-order valence-electron chi connectivity index (χ3n) is 9.16. The first-order valence-corrected chi connectivity index (χ1v) is 20.3. The number of fused-ring (bicyclic) bond motifs is 2. The Morgan fingerprint density at radius 1 is 0.571 bits per heavy atom. The van der Waals surface area contributed by atoms with E-state index >= 15 is 0 Å². The fourth-order valence-electron chi connectivity index (χ4n) is 6.07. The Balaban J connectivity index is 0.000000176. The number of aromatic nitrogens is 6. The van der Waals surface area contributed by atoms with E-state index < -0.39 is 11.9 Å². The van der Waals surface area contributed by atoms with E-state index in [1.807, 2.05) is 60.7 Å². The number of nitrogen functional groups attached to an aromatic ring is 1. The number of nitrogens with zero attached hydrogens (tertiary/aromatic N) is 6. The number of ether oxygens (including phenoxy) is 4. The van der Waals surface area contributed by atoms with Crippen LogP contribution >= 0.6 is 11.6 Å². The van der Waals surface area contributed by atoms with Gasteiger partial charge in [-0.3, -0.25) is 0 Å². The highest BCUT2D eigenvalue weighted by atomic mass is 35.5. The molecule has 63 heavy (non-hydrogen) atoms. The van der Waals surface area contributed by atoms with Crippen LogP contribution in [0.5, 0.6) is 11.5 Å². The average Bonchev–Trinajstić information content (AvgIpc) is 3.30. The Morgan fingerprint density at radius 2 is 1.08 bits per heavy atom. The number of anilines is 3. The monoisotopic (exact) mass is 864 g/mol. The molecule has 4 heterocycles. The lowest BCUT2D eigenvalue weighted by molar-refractivity contribution is 0.0509. The number of nitrogens with two attached hydrogens (primary N) is 1. The maximum atomic E-state index is 11.7. The minimum absolute atomic E-state index is 0.160. The zero-order valence-electron chi connectivity index (χ0n) is 35.1. The molecule has 0 unspecified atom stereocenters. The average molecular weight is 865 g/mol. The van der Waals surface area contributed by atoms with Crippen LogP contribution in [-0.4, -0.2) is 55.1 Å². The lowest BCUT2D eigenvalue weighted by atomic mass is 10.0. The van der Waals surface area contributed by atoms with Crippen molar-refractivity contribution in [2.75, 3.05) is 24.3 Å². The second-order valence-corrected chi connectivity index (χ2v) is 14.0. The summed E-state index contributed by atoms with van der Waals surface area (Å²) in [7, 11) is 0. The number of carbonyl (C=O) groups excluding carboxylic acids is 2. The van der Waals surface area contributed by atoms with E-state index in [4.69, 9.17) is 31.5 Å². The van der Waals surface area contributed by atoms with E-state index in [0.29, 0.717) is 36.6 Å². The van der Waals surface area contributed by atoms with Gasteiger partial charge < -0.3 is 30.0 Å². The number of hydrogen-bond donors (Lipinski definition) is 2. The number of carbonyl (C=O) groups is 2. The number of halogens is 1. The number of esters is 2. The summed E-state index contributed by atoms with van der Waals surface area (Å²) in [5, 5.41) is 8.20. The first-order valence-electron chi connectivity index (χ1n) is 19.9. The maximum absolute atomic E-state index is 11.7. The van der Waals surface area contributed by atoms with Crippen molar-refractivity contribution in [1.29, 1.82) is 0 Å². The van der Waals surface area contributed by atoms with Gasteiger partial charge >= 0.3 is 11.9 Å². The molecule has 4 aromatic heterocycles. The highest BCUT2D eigenvalue weighted by Gasteiger charge is 2.11. The molecular formula is C48H45ClN8O6. The van der Waals surface area contributed by atoms with Crippen molar-refractivity contribution >= 4 is 62.5 Å². The molecule has 320 valence electrons. The summed E-state index contributed by atoms with van der Waals surface area (Å²) in [4.78, 5) is 46.7. The Morgan fingerprint density at radius 3 is 1.57 bits per heavy atom. The minimum atomic E-state index is -0.498. The standard InChI is InChI=1S/C24H22N4O3.C17H14ClNO.C7H9N3O2/c1-3-30-24(29)20-13-27-23(14-26-20)28-22-12-17(10-11-25-22)15-31-21-9-8-16(2)18-6-4-5-7-19(18)21;1-12-6-7-16(15-5-3-2-4-14(12)15)20-11-13-8-9-19-17(18)10-13;1-2-12-7(11)5-3-10-6(8)4-9-5/h4-14H,3,15H2,1-2H3,(H,25,27,28);2-10H,11H2,1H3;3-4H,2H2,1H3,(H2,8,10). The van der Waals surface area contributed by atoms with E-state index in [-0.39, 0.29) is 23.8 Å². The highest BCUT2D eigenvalue weighted by molar-refractivity contribution is 6.29. The Bertz CT molecular complexity index is 2790. The van der Waals surface area contributed by atoms with Gasteiger partial charge in [-0.1, -0.05) is 72.3 Å². The van der Waals surface area contributed by atoms with Gasteiger partial charge in [-0.15, -0.1) is 0 Å². The number of hydrogen-bond acceptors (Lipinski definition) is 14. The molecule has 0 saturated heterocycles. The topological polar surface area (TPSA) is 186 Å². The maximum Gasteiger partial charge on any atom is 0.358 e. The quantitative estimate of drug-likeness (QED) is 0.0873. The number of aryl methyl sites for hydroxylation is 2. The first-order chi connectivity index (χ1) is 30.6. The van der Waals surface area contributed by atoms with Gasteiger partial charge in [0.15, 0.2) is 11.4 Å². The van der Waals surface area contributed by atoms with Crippen LogP contribution in [0.3, 0.4) is 0 Å². The highest BCUT2D eigenvalue weighted by Crippen LogP contribution is 2.30. The molecule has 8 aromatic rings. The molecule has 0 saturated carbocycles. The Kier molecular flexibility index (Phi) is 15.8. The van der Waals surface area contributed by atoms with Crippen molar-refractivity contribution in [2.24, 2.45) is 0 Å². The van der Waals surface area contributed by atoms with Crippen LogP contribution in [0.15, 0.2) is 134 Å². The van der Waals surface area contributed by atoms with Crippen LogP contribution in [0.25, 0.3) is 21.5 Å². The zero-order valence-corrected chi connectivity index (χ0v) is 35.9. The van der Waals surface area contributed by atoms with Crippen LogP contribution in [0.1, 0.15) is 57.1 Å². The van der Waals surface area contributed by atoms with Crippen LogP contribution in [0.2, 0.25) is 5.15 Å². The molecule has 0 amide bonds. The molecular weight excluding hydrogens is 820 g/mol. The van der Waals surface area contributed by atoms with Crippen LogP contribution in [0.4, 0.5) is 17.5 Å². The van der Waals surface area contributed by atoms with Crippen LogP contribution in [0, 0.1) is 13.8 Å².